The first-order chi connectivity index (χ1) is 8.34. The number of aromatic amines is 1. The van der Waals surface area contributed by atoms with Crippen LogP contribution in [-0.2, 0) is 10.2 Å². The van der Waals surface area contributed by atoms with Crippen molar-refractivity contribution in [3.63, 3.8) is 0 Å². The van der Waals surface area contributed by atoms with Gasteiger partial charge < -0.3 is 9.72 Å². The van der Waals surface area contributed by atoms with Crippen molar-refractivity contribution in [2.75, 3.05) is 7.11 Å². The molecule has 4 nitrogen and oxygen atoms in total. The molecule has 1 saturated carbocycles. The van der Waals surface area contributed by atoms with Crippen molar-refractivity contribution >= 4 is 22.6 Å². The average Bonchev–Trinajstić information content (AvgIpc) is 3.06. The molecule has 100 valence electrons. The van der Waals surface area contributed by atoms with Crippen molar-refractivity contribution in [1.82, 2.24) is 9.97 Å². The van der Waals surface area contributed by atoms with Gasteiger partial charge in [-0.05, 0) is 41.4 Å². The van der Waals surface area contributed by atoms with Gasteiger partial charge in [0.2, 0.25) is 0 Å². The van der Waals surface area contributed by atoms with E-state index < -0.39 is 0 Å². The Balaban J connectivity index is 2.50. The Hall–Kier alpha value is -0.430. The van der Waals surface area contributed by atoms with Crippen molar-refractivity contribution in [2.45, 2.75) is 45.1 Å². The van der Waals surface area contributed by atoms with Crippen LogP contribution in [-0.4, -0.2) is 17.1 Å². The van der Waals surface area contributed by atoms with Gasteiger partial charge in [-0.15, -0.1) is 0 Å². The largest absolute Gasteiger partial charge is 0.373 e. The van der Waals surface area contributed by atoms with Gasteiger partial charge in [0.15, 0.2) is 0 Å². The van der Waals surface area contributed by atoms with Crippen molar-refractivity contribution in [1.29, 1.82) is 0 Å². The molecule has 1 aliphatic rings. The summed E-state index contributed by atoms with van der Waals surface area (Å²) < 4.78 is 6.16. The van der Waals surface area contributed by atoms with E-state index in [2.05, 4.69) is 53.3 Å². The Morgan fingerprint density at radius 1 is 1.44 bits per heavy atom. The van der Waals surface area contributed by atoms with Crippen LogP contribution >= 0.6 is 22.6 Å². The summed E-state index contributed by atoms with van der Waals surface area (Å²) in [5, 5.41) is 0. The van der Waals surface area contributed by atoms with Crippen LogP contribution in [0.25, 0.3) is 0 Å². The highest BCUT2D eigenvalue weighted by Crippen LogP contribution is 2.42. The Labute approximate surface area is 121 Å². The highest BCUT2D eigenvalue weighted by atomic mass is 127. The third-order valence-corrected chi connectivity index (χ3v) is 4.17. The van der Waals surface area contributed by atoms with Crippen LogP contribution in [0, 0.1) is 9.49 Å². The van der Waals surface area contributed by atoms with E-state index in [1.54, 1.807) is 7.11 Å². The van der Waals surface area contributed by atoms with Gasteiger partial charge in [-0.1, -0.05) is 20.8 Å². The first-order valence-electron chi connectivity index (χ1n) is 6.17. The summed E-state index contributed by atoms with van der Waals surface area (Å²) in [6.07, 6.45) is 2.23. The molecule has 1 N–H and O–H groups in total. The summed E-state index contributed by atoms with van der Waals surface area (Å²) in [5.74, 6) is 1.18. The smallest absolute Gasteiger partial charge is 0.264 e. The predicted molar refractivity (Wildman–Crippen MR) is 78.7 cm³/mol. The molecule has 0 radical (unpaired) electrons. The van der Waals surface area contributed by atoms with E-state index in [0.29, 0.717) is 15.3 Å². The lowest BCUT2D eigenvalue weighted by atomic mass is 9.92. The molecule has 0 spiro atoms. The van der Waals surface area contributed by atoms with Gasteiger partial charge in [-0.25, -0.2) is 4.98 Å². The number of halogens is 1. The predicted octanol–water partition coefficient (Wildman–Crippen LogP) is 2.77. The number of aromatic nitrogens is 2. The van der Waals surface area contributed by atoms with Crippen molar-refractivity contribution in [3.8, 4) is 0 Å². The quantitative estimate of drug-likeness (QED) is 0.842. The molecule has 0 amide bonds. The Morgan fingerprint density at radius 2 is 2.06 bits per heavy atom. The Morgan fingerprint density at radius 3 is 2.50 bits per heavy atom. The molecule has 0 saturated heterocycles. The maximum absolute atomic E-state index is 12.0. The van der Waals surface area contributed by atoms with Gasteiger partial charge in [-0.3, -0.25) is 4.79 Å². The van der Waals surface area contributed by atoms with E-state index in [0.717, 1.165) is 18.5 Å². The maximum atomic E-state index is 12.0. The third-order valence-electron chi connectivity index (χ3n) is 3.17. The zero-order chi connectivity index (χ0) is 13.5. The number of hydrogen-bond acceptors (Lipinski definition) is 3. The topological polar surface area (TPSA) is 55.0 Å². The second-order valence-corrected chi connectivity index (χ2v) is 6.94. The van der Waals surface area contributed by atoms with E-state index in [-0.39, 0.29) is 17.1 Å². The summed E-state index contributed by atoms with van der Waals surface area (Å²) in [6.45, 7) is 6.21. The lowest BCUT2D eigenvalue weighted by molar-refractivity contribution is 0.0765. The number of nitrogens with one attached hydrogen (secondary N) is 1. The van der Waals surface area contributed by atoms with Crippen LogP contribution in [0.15, 0.2) is 4.79 Å². The molecule has 18 heavy (non-hydrogen) atoms. The highest BCUT2D eigenvalue weighted by Gasteiger charge is 2.35. The molecule has 1 atom stereocenters. The minimum Gasteiger partial charge on any atom is -0.373 e. The van der Waals surface area contributed by atoms with Crippen LogP contribution in [0.2, 0.25) is 0 Å². The lowest BCUT2D eigenvalue weighted by Crippen LogP contribution is -2.27. The fraction of sp³-hybridized carbons (Fsp3) is 0.692. The molecule has 0 bridgehead atoms. The van der Waals surface area contributed by atoms with Gasteiger partial charge in [0.1, 0.15) is 15.5 Å². The molecular formula is C13H19IN2O2. The molecule has 1 fully saturated rings. The average molecular weight is 362 g/mol. The van der Waals surface area contributed by atoms with Gasteiger partial charge in [0.25, 0.3) is 5.56 Å². The highest BCUT2D eigenvalue weighted by molar-refractivity contribution is 14.1. The molecule has 1 aromatic heterocycles. The number of H-pyrrole nitrogens is 1. The normalized spacial score (nSPS) is 17.8. The van der Waals surface area contributed by atoms with Crippen LogP contribution in [0.4, 0.5) is 0 Å². The molecule has 1 aromatic rings. The first-order valence-corrected chi connectivity index (χ1v) is 7.25. The molecule has 0 aromatic carbocycles. The Kier molecular flexibility index (Phi) is 3.82. The molecule has 1 heterocycles. The standard InChI is InChI=1S/C13H19IN2O2/c1-13(2,3)10-8(14)12(17)16-11(15-10)9(18-4)7-5-6-7/h7,9H,5-6H2,1-4H3,(H,15,16,17). The van der Waals surface area contributed by atoms with Crippen molar-refractivity contribution < 1.29 is 4.74 Å². The fourth-order valence-electron chi connectivity index (χ4n) is 2.03. The van der Waals surface area contributed by atoms with Crippen LogP contribution in [0.3, 0.4) is 0 Å². The third kappa shape index (κ3) is 2.77. The lowest BCUT2D eigenvalue weighted by Gasteiger charge is -2.22. The van der Waals surface area contributed by atoms with Crippen LogP contribution < -0.4 is 5.56 Å². The Bertz CT molecular complexity index is 501. The zero-order valence-electron chi connectivity index (χ0n) is 11.2. The van der Waals surface area contributed by atoms with Crippen molar-refractivity contribution in [3.05, 3.63) is 25.4 Å². The zero-order valence-corrected chi connectivity index (χ0v) is 13.4. The molecule has 1 unspecified atom stereocenters. The van der Waals surface area contributed by atoms with Crippen LogP contribution in [0.5, 0.6) is 0 Å². The molecular weight excluding hydrogens is 343 g/mol. The number of rotatable bonds is 3. The molecule has 2 rings (SSSR count). The summed E-state index contributed by atoms with van der Waals surface area (Å²) in [7, 11) is 1.68. The maximum Gasteiger partial charge on any atom is 0.264 e. The van der Waals surface area contributed by atoms with Gasteiger partial charge in [0.05, 0.1) is 5.69 Å². The molecule has 1 aliphatic carbocycles. The molecule has 0 aliphatic heterocycles. The SMILES string of the molecule is COC(c1nc(C(C)(C)C)c(I)c(=O)[nH]1)C1CC1. The first kappa shape index (κ1) is 14.0. The van der Waals surface area contributed by atoms with Gasteiger partial charge in [-0.2, -0.15) is 0 Å². The number of methoxy groups -OCH3 is 1. The summed E-state index contributed by atoms with van der Waals surface area (Å²) in [4.78, 5) is 19.5. The van der Waals surface area contributed by atoms with Gasteiger partial charge >= 0.3 is 0 Å². The summed E-state index contributed by atoms with van der Waals surface area (Å²) in [5.41, 5.74) is 0.652. The fourth-order valence-corrected chi connectivity index (χ4v) is 3.10. The minimum absolute atomic E-state index is 0.0618. The number of nitrogens with zero attached hydrogens (tertiary/aromatic N) is 1. The second-order valence-electron chi connectivity index (χ2n) is 5.86. The van der Waals surface area contributed by atoms with Crippen LogP contribution in [0.1, 0.15) is 51.2 Å². The minimum atomic E-state index is -0.138. The van der Waals surface area contributed by atoms with Gasteiger partial charge in [0, 0.05) is 12.5 Å². The van der Waals surface area contributed by atoms with E-state index in [9.17, 15) is 4.79 Å². The second kappa shape index (κ2) is 4.92. The van der Waals surface area contributed by atoms with E-state index >= 15 is 0 Å². The van der Waals surface area contributed by atoms with E-state index in [4.69, 9.17) is 4.74 Å². The van der Waals surface area contributed by atoms with Crippen molar-refractivity contribution in [2.24, 2.45) is 5.92 Å². The monoisotopic (exact) mass is 362 g/mol. The summed E-state index contributed by atoms with van der Waals surface area (Å²) >= 11 is 2.07. The number of hydrogen-bond donors (Lipinski definition) is 1. The molecule has 5 heteroatoms. The number of ether oxygens (including phenoxy) is 1. The van der Waals surface area contributed by atoms with E-state index in [1.807, 2.05) is 0 Å². The van der Waals surface area contributed by atoms with E-state index in [1.165, 1.54) is 0 Å². The summed E-state index contributed by atoms with van der Waals surface area (Å²) in [6, 6.07) is 0.